The van der Waals surface area contributed by atoms with Crippen LogP contribution in [0.1, 0.15) is 4.88 Å². The zero-order valence-electron chi connectivity index (χ0n) is 12.5. The molecule has 1 aliphatic heterocycles. The number of halogens is 2. The molecule has 0 radical (unpaired) electrons. The van der Waals surface area contributed by atoms with Crippen molar-refractivity contribution < 1.29 is 9.90 Å². The second kappa shape index (κ2) is 6.15. The largest absolute Gasteiger partial charge is 0.492 e. The van der Waals surface area contributed by atoms with Crippen LogP contribution in [-0.4, -0.2) is 16.0 Å². The number of nitrogens with one attached hydrogen (secondary N) is 1. The molecule has 0 atom stereocenters. The Morgan fingerprint density at radius 2 is 1.92 bits per heavy atom. The zero-order chi connectivity index (χ0) is 17.6. The van der Waals surface area contributed by atoms with Gasteiger partial charge in [0.2, 0.25) is 5.88 Å². The van der Waals surface area contributed by atoms with Gasteiger partial charge in [0.05, 0.1) is 21.6 Å². The summed E-state index contributed by atoms with van der Waals surface area (Å²) >= 11 is 13.2. The normalized spacial score (nSPS) is 12.9. The summed E-state index contributed by atoms with van der Waals surface area (Å²) in [6.45, 7) is 0. The third kappa shape index (κ3) is 2.89. The van der Waals surface area contributed by atoms with Gasteiger partial charge in [-0.3, -0.25) is 4.79 Å². The molecule has 4 rings (SSSR count). The van der Waals surface area contributed by atoms with Gasteiger partial charge in [-0.25, -0.2) is 4.99 Å². The first-order valence-electron chi connectivity index (χ1n) is 7.17. The Balaban J connectivity index is 1.78. The number of anilines is 2. The van der Waals surface area contributed by atoms with Crippen LogP contribution < -0.4 is 15.9 Å². The highest BCUT2D eigenvalue weighted by atomic mass is 35.5. The molecule has 0 fully saturated rings. The molecule has 0 aliphatic carbocycles. The van der Waals surface area contributed by atoms with Crippen LogP contribution in [0.3, 0.4) is 0 Å². The van der Waals surface area contributed by atoms with Gasteiger partial charge in [-0.1, -0.05) is 52.7 Å². The predicted molar refractivity (Wildman–Crippen MR) is 98.3 cm³/mol. The van der Waals surface area contributed by atoms with E-state index in [1.54, 1.807) is 36.4 Å². The summed E-state index contributed by atoms with van der Waals surface area (Å²) in [7, 11) is 0. The number of amides is 1. The predicted octanol–water partition coefficient (Wildman–Crippen LogP) is 3.26. The van der Waals surface area contributed by atoms with E-state index in [1.165, 1.54) is 0 Å². The third-order valence-corrected chi connectivity index (χ3v) is 5.14. The van der Waals surface area contributed by atoms with Crippen LogP contribution in [0.5, 0.6) is 5.88 Å². The van der Waals surface area contributed by atoms with Crippen molar-refractivity contribution >= 4 is 56.8 Å². The number of rotatable bonds is 3. The SMILES string of the molecule is O=C1N=c2ccccc2=C1c1sc(Nc2ccc(Cl)cc2Cl)nc1O. The lowest BCUT2D eigenvalue weighted by atomic mass is 10.1. The summed E-state index contributed by atoms with van der Waals surface area (Å²) in [4.78, 5) is 20.7. The fraction of sp³-hybridized carbons (Fsp3) is 0. The number of fused-ring (bicyclic) bond motifs is 1. The molecule has 3 aromatic rings. The fourth-order valence-electron chi connectivity index (χ4n) is 2.52. The summed E-state index contributed by atoms with van der Waals surface area (Å²) in [5.74, 6) is -0.621. The van der Waals surface area contributed by atoms with Gasteiger partial charge in [0.15, 0.2) is 5.13 Å². The number of carbonyl (C=O) groups is 1. The van der Waals surface area contributed by atoms with Gasteiger partial charge in [-0.15, -0.1) is 0 Å². The first-order chi connectivity index (χ1) is 12.0. The molecule has 8 heteroatoms. The number of benzene rings is 2. The summed E-state index contributed by atoms with van der Waals surface area (Å²) in [6.07, 6.45) is 0. The van der Waals surface area contributed by atoms with Crippen LogP contribution >= 0.6 is 34.5 Å². The number of aromatic hydroxyl groups is 1. The molecular formula is C17H9Cl2N3O2S. The number of para-hydroxylation sites is 1. The van der Waals surface area contributed by atoms with Gasteiger partial charge in [0.1, 0.15) is 4.88 Å². The van der Waals surface area contributed by atoms with Gasteiger partial charge in [-0.05, 0) is 24.3 Å². The highest BCUT2D eigenvalue weighted by Crippen LogP contribution is 2.36. The van der Waals surface area contributed by atoms with Crippen LogP contribution in [-0.2, 0) is 4.79 Å². The minimum Gasteiger partial charge on any atom is -0.492 e. The quantitative estimate of drug-likeness (QED) is 0.720. The Labute approximate surface area is 155 Å². The number of carbonyl (C=O) groups excluding carboxylic acids is 1. The van der Waals surface area contributed by atoms with Gasteiger partial charge >= 0.3 is 0 Å². The highest BCUT2D eigenvalue weighted by Gasteiger charge is 2.24. The number of hydrogen-bond donors (Lipinski definition) is 2. The van der Waals surface area contributed by atoms with Crippen molar-refractivity contribution in [3.63, 3.8) is 0 Å². The molecule has 1 aromatic heterocycles. The molecule has 1 amide bonds. The minimum absolute atomic E-state index is 0.229. The monoisotopic (exact) mass is 389 g/mol. The van der Waals surface area contributed by atoms with Crippen LogP contribution in [0, 0.1) is 0 Å². The van der Waals surface area contributed by atoms with Gasteiger partial charge in [0.25, 0.3) is 5.91 Å². The molecule has 0 spiro atoms. The first-order valence-corrected chi connectivity index (χ1v) is 8.75. The Morgan fingerprint density at radius 1 is 1.12 bits per heavy atom. The van der Waals surface area contributed by atoms with E-state index in [9.17, 15) is 9.90 Å². The average Bonchev–Trinajstić information content (AvgIpc) is 3.08. The standard InChI is InChI=1S/C17H9Cl2N3O2S/c18-8-5-6-12(10(19)7-8)21-17-22-16(24)14(25-17)13-9-3-1-2-4-11(9)20-15(13)23/h1-7,24H,(H,21,22). The minimum atomic E-state index is -0.392. The van der Waals surface area contributed by atoms with E-state index >= 15 is 0 Å². The summed E-state index contributed by atoms with van der Waals surface area (Å²) in [5.41, 5.74) is 0.944. The lowest BCUT2D eigenvalue weighted by Crippen LogP contribution is -2.22. The van der Waals surface area contributed by atoms with E-state index < -0.39 is 5.91 Å². The van der Waals surface area contributed by atoms with Crippen molar-refractivity contribution in [2.24, 2.45) is 4.99 Å². The Bertz CT molecular complexity index is 1140. The Hall–Kier alpha value is -2.41. The molecule has 124 valence electrons. The van der Waals surface area contributed by atoms with Crippen molar-refractivity contribution in [2.45, 2.75) is 0 Å². The third-order valence-electron chi connectivity index (χ3n) is 3.62. The molecule has 25 heavy (non-hydrogen) atoms. The van der Waals surface area contributed by atoms with Crippen molar-refractivity contribution in [2.75, 3.05) is 5.32 Å². The van der Waals surface area contributed by atoms with Crippen molar-refractivity contribution in [1.82, 2.24) is 4.98 Å². The van der Waals surface area contributed by atoms with E-state index in [4.69, 9.17) is 23.2 Å². The van der Waals surface area contributed by atoms with E-state index in [2.05, 4.69) is 15.3 Å². The van der Waals surface area contributed by atoms with Gasteiger partial charge in [-0.2, -0.15) is 4.98 Å². The molecule has 1 aliphatic rings. The maximum atomic E-state index is 12.3. The van der Waals surface area contributed by atoms with Crippen LogP contribution in [0.25, 0.3) is 5.57 Å². The molecule has 0 bridgehead atoms. The van der Waals surface area contributed by atoms with Gasteiger partial charge in [0, 0.05) is 10.2 Å². The van der Waals surface area contributed by atoms with E-state index in [0.29, 0.717) is 41.9 Å². The van der Waals surface area contributed by atoms with Crippen molar-refractivity contribution in [3.8, 4) is 5.88 Å². The van der Waals surface area contributed by atoms with Crippen LogP contribution in [0.4, 0.5) is 10.8 Å². The Morgan fingerprint density at radius 3 is 2.72 bits per heavy atom. The van der Waals surface area contributed by atoms with Gasteiger partial charge < -0.3 is 10.4 Å². The highest BCUT2D eigenvalue weighted by molar-refractivity contribution is 7.17. The average molecular weight is 390 g/mol. The van der Waals surface area contributed by atoms with Crippen molar-refractivity contribution in [3.05, 3.63) is 68.0 Å². The second-order valence-electron chi connectivity index (χ2n) is 5.23. The topological polar surface area (TPSA) is 74.6 Å². The summed E-state index contributed by atoms with van der Waals surface area (Å²) < 4.78 is 0. The number of hydrogen-bond acceptors (Lipinski definition) is 5. The molecule has 0 saturated heterocycles. The molecule has 2 aromatic carbocycles. The summed E-state index contributed by atoms with van der Waals surface area (Å²) in [6, 6.07) is 12.2. The second-order valence-corrected chi connectivity index (χ2v) is 7.07. The van der Waals surface area contributed by atoms with E-state index in [-0.39, 0.29) is 5.88 Å². The fourth-order valence-corrected chi connectivity index (χ4v) is 3.90. The maximum Gasteiger partial charge on any atom is 0.279 e. The van der Waals surface area contributed by atoms with Crippen molar-refractivity contribution in [1.29, 1.82) is 0 Å². The number of thiazole rings is 1. The van der Waals surface area contributed by atoms with Crippen LogP contribution in [0.2, 0.25) is 10.0 Å². The van der Waals surface area contributed by atoms with E-state index in [0.717, 1.165) is 11.3 Å². The smallest absolute Gasteiger partial charge is 0.279 e. The summed E-state index contributed by atoms with van der Waals surface area (Å²) in [5, 5.41) is 15.9. The molecule has 0 unspecified atom stereocenters. The molecule has 5 nitrogen and oxygen atoms in total. The van der Waals surface area contributed by atoms with E-state index in [1.807, 2.05) is 6.07 Å². The lowest BCUT2D eigenvalue weighted by Gasteiger charge is -2.04. The lowest BCUT2D eigenvalue weighted by molar-refractivity contribution is -0.112. The zero-order valence-corrected chi connectivity index (χ0v) is 14.8. The Kier molecular flexibility index (Phi) is 3.95. The number of aromatic nitrogens is 1. The van der Waals surface area contributed by atoms with Crippen LogP contribution in [0.15, 0.2) is 47.5 Å². The first kappa shape index (κ1) is 16.1. The molecule has 0 saturated carbocycles. The number of nitrogens with zero attached hydrogens (tertiary/aromatic N) is 2. The molecule has 2 heterocycles. The molecule has 2 N–H and O–H groups in total. The maximum absolute atomic E-state index is 12.3. The molecular weight excluding hydrogens is 381 g/mol.